The number of nitrogens with two attached hydrogens (primary N) is 1. The molecule has 0 aliphatic rings. The fraction of sp³-hybridized carbons (Fsp3) is 0.462. The highest BCUT2D eigenvalue weighted by atomic mass is 19.1. The van der Waals surface area contributed by atoms with Gasteiger partial charge in [0.1, 0.15) is 11.6 Å². The van der Waals surface area contributed by atoms with E-state index >= 15 is 0 Å². The van der Waals surface area contributed by atoms with Crippen molar-refractivity contribution in [2.45, 2.75) is 26.7 Å². The van der Waals surface area contributed by atoms with Crippen molar-refractivity contribution in [3.8, 4) is 11.8 Å². The van der Waals surface area contributed by atoms with Gasteiger partial charge in [-0.15, -0.1) is 0 Å². The van der Waals surface area contributed by atoms with E-state index in [1.807, 2.05) is 13.8 Å². The Morgan fingerprint density at radius 2 is 2.18 bits per heavy atom. The number of hydrogen-bond donors (Lipinski definition) is 1. The number of halogens is 1. The van der Waals surface area contributed by atoms with Crippen molar-refractivity contribution < 1.29 is 9.13 Å². The molecule has 17 heavy (non-hydrogen) atoms. The summed E-state index contributed by atoms with van der Waals surface area (Å²) in [7, 11) is 0. The van der Waals surface area contributed by atoms with Crippen molar-refractivity contribution in [3.63, 3.8) is 0 Å². The molecule has 92 valence electrons. The Morgan fingerprint density at radius 1 is 1.47 bits per heavy atom. The number of nitriles is 1. The van der Waals surface area contributed by atoms with E-state index in [-0.39, 0.29) is 11.2 Å². The zero-order valence-electron chi connectivity index (χ0n) is 10.2. The normalized spacial score (nSPS) is 10.9. The first kappa shape index (κ1) is 13.3. The lowest BCUT2D eigenvalue weighted by molar-refractivity contribution is 0.284. The molecule has 1 aromatic rings. The summed E-state index contributed by atoms with van der Waals surface area (Å²) in [6, 6.07) is 6.26. The average molecular weight is 236 g/mol. The second-order valence-electron chi connectivity index (χ2n) is 4.63. The van der Waals surface area contributed by atoms with Crippen molar-refractivity contribution in [1.29, 1.82) is 5.26 Å². The zero-order valence-corrected chi connectivity index (χ0v) is 10.2. The van der Waals surface area contributed by atoms with Crippen molar-refractivity contribution in [2.75, 3.05) is 12.3 Å². The maximum absolute atomic E-state index is 12.9. The lowest BCUT2D eigenvalue weighted by atomic mass is 9.90. The minimum Gasteiger partial charge on any atom is -0.491 e. The van der Waals surface area contributed by atoms with Gasteiger partial charge < -0.3 is 10.5 Å². The fourth-order valence-corrected chi connectivity index (χ4v) is 1.39. The van der Waals surface area contributed by atoms with Gasteiger partial charge in [0, 0.05) is 6.07 Å². The summed E-state index contributed by atoms with van der Waals surface area (Å²) in [5.41, 5.74) is 5.71. The van der Waals surface area contributed by atoms with E-state index in [2.05, 4.69) is 6.07 Å². The van der Waals surface area contributed by atoms with Crippen LogP contribution >= 0.6 is 0 Å². The molecule has 0 unspecified atom stereocenters. The molecule has 1 aromatic carbocycles. The van der Waals surface area contributed by atoms with Gasteiger partial charge in [0.2, 0.25) is 0 Å². The van der Waals surface area contributed by atoms with Gasteiger partial charge in [-0.3, -0.25) is 0 Å². The lowest BCUT2D eigenvalue weighted by Gasteiger charge is -2.15. The number of nitrogen functional groups attached to an aromatic ring is 1. The van der Waals surface area contributed by atoms with Gasteiger partial charge in [-0.1, -0.05) is 0 Å². The molecule has 0 heterocycles. The summed E-state index contributed by atoms with van der Waals surface area (Å²) in [4.78, 5) is 0. The Labute approximate surface area is 101 Å². The highest BCUT2D eigenvalue weighted by Gasteiger charge is 2.15. The van der Waals surface area contributed by atoms with Crippen LogP contribution in [0.15, 0.2) is 18.2 Å². The third-order valence-electron chi connectivity index (χ3n) is 2.48. The van der Waals surface area contributed by atoms with Gasteiger partial charge in [0.15, 0.2) is 0 Å². The predicted octanol–water partition coefficient (Wildman–Crippen LogP) is 3.12. The Morgan fingerprint density at radius 3 is 2.82 bits per heavy atom. The quantitative estimate of drug-likeness (QED) is 0.631. The minimum absolute atomic E-state index is 0.350. The highest BCUT2D eigenvalue weighted by molar-refractivity contribution is 5.52. The number of anilines is 1. The van der Waals surface area contributed by atoms with E-state index in [4.69, 9.17) is 15.7 Å². The van der Waals surface area contributed by atoms with Crippen LogP contribution in [0.3, 0.4) is 0 Å². The molecule has 0 bridgehead atoms. The Hall–Kier alpha value is -1.76. The van der Waals surface area contributed by atoms with E-state index in [1.54, 1.807) is 0 Å². The first-order valence-corrected chi connectivity index (χ1v) is 5.54. The lowest BCUT2D eigenvalue weighted by Crippen LogP contribution is -2.10. The molecule has 2 N–H and O–H groups in total. The van der Waals surface area contributed by atoms with Crippen LogP contribution in [0, 0.1) is 22.6 Å². The third-order valence-corrected chi connectivity index (χ3v) is 2.48. The van der Waals surface area contributed by atoms with Gasteiger partial charge in [-0.25, -0.2) is 4.39 Å². The van der Waals surface area contributed by atoms with Crippen LogP contribution < -0.4 is 10.5 Å². The highest BCUT2D eigenvalue weighted by Crippen LogP contribution is 2.24. The maximum Gasteiger partial charge on any atom is 0.145 e. The number of benzene rings is 1. The Balaban J connectivity index is 2.42. The zero-order chi connectivity index (χ0) is 12.9. The molecule has 0 saturated heterocycles. The molecule has 0 amide bonds. The summed E-state index contributed by atoms with van der Waals surface area (Å²) < 4.78 is 18.3. The molecule has 0 spiro atoms. The second kappa shape index (κ2) is 5.53. The summed E-state index contributed by atoms with van der Waals surface area (Å²) in [5.74, 6) is -0.00804. The molecular formula is C13H17FN2O. The van der Waals surface area contributed by atoms with E-state index in [9.17, 15) is 4.39 Å². The number of ether oxygens (including phenoxy) is 1. The van der Waals surface area contributed by atoms with E-state index in [1.165, 1.54) is 18.2 Å². The van der Waals surface area contributed by atoms with Crippen LogP contribution in [0.1, 0.15) is 26.7 Å². The third kappa shape index (κ3) is 4.31. The summed E-state index contributed by atoms with van der Waals surface area (Å²) in [6.45, 7) is 4.19. The molecule has 1 rings (SSSR count). The molecule has 0 aliphatic heterocycles. The van der Waals surface area contributed by atoms with Gasteiger partial charge >= 0.3 is 0 Å². The van der Waals surface area contributed by atoms with Crippen molar-refractivity contribution in [3.05, 3.63) is 24.0 Å². The molecule has 0 fully saturated rings. The number of nitrogens with zero attached hydrogens (tertiary/aromatic N) is 1. The average Bonchev–Trinajstić information content (AvgIpc) is 2.29. The van der Waals surface area contributed by atoms with E-state index in [0.29, 0.717) is 18.0 Å². The van der Waals surface area contributed by atoms with Crippen LogP contribution in [0.5, 0.6) is 5.75 Å². The molecule has 0 aliphatic carbocycles. The SMILES string of the molecule is CC(C)(C#N)CCCOc1cc(F)ccc1N. The van der Waals surface area contributed by atoms with Crippen molar-refractivity contribution in [2.24, 2.45) is 5.41 Å². The minimum atomic E-state index is -0.369. The van der Waals surface area contributed by atoms with Crippen LogP contribution in [-0.4, -0.2) is 6.61 Å². The molecular weight excluding hydrogens is 219 g/mol. The van der Waals surface area contributed by atoms with Crippen LogP contribution in [-0.2, 0) is 0 Å². The topological polar surface area (TPSA) is 59.0 Å². The van der Waals surface area contributed by atoms with Gasteiger partial charge in [0.25, 0.3) is 0 Å². The molecule has 0 saturated carbocycles. The Kier molecular flexibility index (Phi) is 4.33. The first-order valence-electron chi connectivity index (χ1n) is 5.54. The van der Waals surface area contributed by atoms with Gasteiger partial charge in [-0.05, 0) is 38.8 Å². The van der Waals surface area contributed by atoms with E-state index in [0.717, 1.165) is 12.8 Å². The predicted molar refractivity (Wildman–Crippen MR) is 64.9 cm³/mol. The fourth-order valence-electron chi connectivity index (χ4n) is 1.39. The molecule has 0 radical (unpaired) electrons. The van der Waals surface area contributed by atoms with Crippen molar-refractivity contribution >= 4 is 5.69 Å². The van der Waals surface area contributed by atoms with Crippen molar-refractivity contribution in [1.82, 2.24) is 0 Å². The summed E-state index contributed by atoms with van der Waals surface area (Å²) in [6.07, 6.45) is 1.47. The number of rotatable bonds is 5. The van der Waals surface area contributed by atoms with Gasteiger partial charge in [-0.2, -0.15) is 5.26 Å². The monoisotopic (exact) mass is 236 g/mol. The van der Waals surface area contributed by atoms with Crippen LogP contribution in [0.4, 0.5) is 10.1 Å². The smallest absolute Gasteiger partial charge is 0.145 e. The first-order chi connectivity index (χ1) is 7.94. The van der Waals surface area contributed by atoms with Gasteiger partial charge in [0.05, 0.1) is 23.8 Å². The molecule has 0 atom stereocenters. The standard InChI is InChI=1S/C13H17FN2O/c1-13(2,9-15)6-3-7-17-12-8-10(14)4-5-11(12)16/h4-5,8H,3,6-7,16H2,1-2H3. The summed E-state index contributed by atoms with van der Waals surface area (Å²) >= 11 is 0. The number of hydrogen-bond acceptors (Lipinski definition) is 3. The van der Waals surface area contributed by atoms with Crippen LogP contribution in [0.25, 0.3) is 0 Å². The van der Waals surface area contributed by atoms with E-state index < -0.39 is 0 Å². The molecule has 4 heteroatoms. The summed E-state index contributed by atoms with van der Waals surface area (Å²) in [5, 5.41) is 8.83. The van der Waals surface area contributed by atoms with Crippen LogP contribution in [0.2, 0.25) is 0 Å². The molecule has 0 aromatic heterocycles. The largest absolute Gasteiger partial charge is 0.491 e. The maximum atomic E-state index is 12.9. The molecule has 3 nitrogen and oxygen atoms in total. The second-order valence-corrected chi connectivity index (χ2v) is 4.63. The Bertz CT molecular complexity index is 424.